The molecule has 7 nitrogen and oxygen atoms in total. The smallest absolute Gasteiger partial charge is 0.231 e. The monoisotopic (exact) mass is 369 g/mol. The van der Waals surface area contributed by atoms with Crippen LogP contribution in [0.25, 0.3) is 10.9 Å². The number of fused-ring (bicyclic) bond motifs is 3. The first-order valence-corrected chi connectivity index (χ1v) is 8.75. The van der Waals surface area contributed by atoms with Gasteiger partial charge in [0.25, 0.3) is 0 Å². The number of hydrogen-bond acceptors (Lipinski definition) is 7. The van der Waals surface area contributed by atoms with Gasteiger partial charge in [-0.1, -0.05) is 11.6 Å². The van der Waals surface area contributed by atoms with E-state index in [4.69, 9.17) is 26.8 Å². The van der Waals surface area contributed by atoms with Crippen LogP contribution in [0.2, 0.25) is 5.15 Å². The molecule has 0 saturated heterocycles. The predicted molar refractivity (Wildman–Crippen MR) is 97.1 cm³/mol. The highest BCUT2D eigenvalue weighted by Gasteiger charge is 2.20. The highest BCUT2D eigenvalue weighted by atomic mass is 35.5. The maximum atomic E-state index is 6.44. The Bertz CT molecular complexity index is 1030. The van der Waals surface area contributed by atoms with Crippen LogP contribution in [0, 0.1) is 0 Å². The quantitative estimate of drug-likeness (QED) is 0.694. The van der Waals surface area contributed by atoms with Gasteiger partial charge in [0.2, 0.25) is 12.7 Å². The van der Waals surface area contributed by atoms with Crippen LogP contribution in [0.15, 0.2) is 24.4 Å². The fourth-order valence-electron chi connectivity index (χ4n) is 3.46. The maximum absolute atomic E-state index is 6.44. The Morgan fingerprint density at radius 2 is 2.00 bits per heavy atom. The van der Waals surface area contributed by atoms with Crippen molar-refractivity contribution in [3.8, 4) is 11.5 Å². The molecule has 8 heteroatoms. The number of nitrogens with two attached hydrogens (primary N) is 1. The molecule has 0 amide bonds. The molecule has 0 saturated carbocycles. The van der Waals surface area contributed by atoms with E-state index in [0.717, 1.165) is 53.0 Å². The van der Waals surface area contributed by atoms with Crippen LogP contribution in [0.3, 0.4) is 0 Å². The molecule has 0 aliphatic carbocycles. The van der Waals surface area contributed by atoms with Gasteiger partial charge < -0.3 is 15.2 Å². The summed E-state index contributed by atoms with van der Waals surface area (Å²) in [4.78, 5) is 15.3. The zero-order valence-corrected chi connectivity index (χ0v) is 14.7. The van der Waals surface area contributed by atoms with Crippen LogP contribution in [0.5, 0.6) is 11.5 Å². The van der Waals surface area contributed by atoms with Crippen molar-refractivity contribution in [2.45, 2.75) is 19.5 Å². The van der Waals surface area contributed by atoms with E-state index in [0.29, 0.717) is 23.4 Å². The van der Waals surface area contributed by atoms with Crippen molar-refractivity contribution in [3.63, 3.8) is 0 Å². The van der Waals surface area contributed by atoms with Gasteiger partial charge in [0.1, 0.15) is 5.15 Å². The minimum absolute atomic E-state index is 0.242. The van der Waals surface area contributed by atoms with Gasteiger partial charge in [-0.25, -0.2) is 15.0 Å². The van der Waals surface area contributed by atoms with Crippen LogP contribution < -0.4 is 15.2 Å². The number of nitrogens with zero attached hydrogens (tertiary/aromatic N) is 4. The normalized spacial score (nSPS) is 16.0. The van der Waals surface area contributed by atoms with E-state index >= 15 is 0 Å². The Kier molecular flexibility index (Phi) is 3.58. The zero-order chi connectivity index (χ0) is 17.7. The molecule has 1 aromatic carbocycles. The second-order valence-electron chi connectivity index (χ2n) is 6.50. The Morgan fingerprint density at radius 3 is 2.88 bits per heavy atom. The SMILES string of the molecule is Nc1ncc2c(n1)CCN(Cc1cc3cc4c(cc3nc1Cl)OCO4)C2. The van der Waals surface area contributed by atoms with Gasteiger partial charge in [0, 0.05) is 54.8 Å². The summed E-state index contributed by atoms with van der Waals surface area (Å²) in [6, 6.07) is 5.89. The minimum atomic E-state index is 0.242. The minimum Gasteiger partial charge on any atom is -0.454 e. The second kappa shape index (κ2) is 5.96. The van der Waals surface area contributed by atoms with Crippen molar-refractivity contribution in [3.05, 3.63) is 46.4 Å². The fourth-order valence-corrected chi connectivity index (χ4v) is 3.67. The molecule has 0 atom stereocenters. The summed E-state index contributed by atoms with van der Waals surface area (Å²) in [5.74, 6) is 1.78. The molecule has 4 heterocycles. The Balaban J connectivity index is 1.43. The van der Waals surface area contributed by atoms with Gasteiger partial charge >= 0.3 is 0 Å². The number of hydrogen-bond donors (Lipinski definition) is 1. The zero-order valence-electron chi connectivity index (χ0n) is 13.9. The number of benzene rings is 1. The Labute approximate surface area is 154 Å². The van der Waals surface area contributed by atoms with E-state index in [9.17, 15) is 0 Å². The molecule has 26 heavy (non-hydrogen) atoms. The molecule has 2 aliphatic heterocycles. The molecule has 0 unspecified atom stereocenters. The van der Waals surface area contributed by atoms with Gasteiger partial charge in [-0.15, -0.1) is 0 Å². The standard InChI is InChI=1S/C18H16ClN5O2/c19-17-11(3-10-4-15-16(26-9-25-15)5-14(10)22-17)7-24-2-1-13-12(8-24)6-21-18(20)23-13/h3-6H,1-2,7-9H2,(H2,20,21,23). The van der Waals surface area contributed by atoms with Crippen molar-refractivity contribution < 1.29 is 9.47 Å². The lowest BCUT2D eigenvalue weighted by Gasteiger charge is -2.28. The Hall–Kier alpha value is -2.64. The van der Waals surface area contributed by atoms with Crippen LogP contribution in [0.1, 0.15) is 16.8 Å². The number of pyridine rings is 1. The predicted octanol–water partition coefficient (Wildman–Crippen LogP) is 2.55. The number of ether oxygens (including phenoxy) is 2. The summed E-state index contributed by atoms with van der Waals surface area (Å²) < 4.78 is 10.9. The summed E-state index contributed by atoms with van der Waals surface area (Å²) >= 11 is 6.44. The van der Waals surface area contributed by atoms with Crippen LogP contribution in [-0.4, -0.2) is 33.2 Å². The molecule has 0 bridgehead atoms. The van der Waals surface area contributed by atoms with Crippen molar-refractivity contribution in [2.24, 2.45) is 0 Å². The van der Waals surface area contributed by atoms with Gasteiger partial charge in [0.05, 0.1) is 11.2 Å². The van der Waals surface area contributed by atoms with Gasteiger partial charge in [0.15, 0.2) is 11.5 Å². The molecule has 2 aromatic heterocycles. The molecule has 0 radical (unpaired) electrons. The summed E-state index contributed by atoms with van der Waals surface area (Å²) in [7, 11) is 0. The number of rotatable bonds is 2. The molecule has 0 fully saturated rings. The topological polar surface area (TPSA) is 86.4 Å². The highest BCUT2D eigenvalue weighted by Crippen LogP contribution is 2.36. The third kappa shape index (κ3) is 2.69. The lowest BCUT2D eigenvalue weighted by atomic mass is 10.1. The summed E-state index contributed by atoms with van der Waals surface area (Å²) in [6.45, 7) is 2.61. The molecule has 3 aromatic rings. The van der Waals surface area contributed by atoms with Crippen molar-refractivity contribution in [2.75, 3.05) is 19.1 Å². The summed E-state index contributed by atoms with van der Waals surface area (Å²) in [5.41, 5.74) is 9.60. The van der Waals surface area contributed by atoms with E-state index in [1.165, 1.54) is 0 Å². The lowest BCUT2D eigenvalue weighted by molar-refractivity contribution is 0.174. The highest BCUT2D eigenvalue weighted by molar-refractivity contribution is 6.30. The van der Waals surface area contributed by atoms with Gasteiger partial charge in [-0.05, 0) is 12.1 Å². The molecular formula is C18H16ClN5O2. The number of nitrogen functional groups attached to an aromatic ring is 1. The van der Waals surface area contributed by atoms with Gasteiger partial charge in [-0.2, -0.15) is 0 Å². The van der Waals surface area contributed by atoms with Crippen LogP contribution >= 0.6 is 11.6 Å². The van der Waals surface area contributed by atoms with E-state index in [2.05, 4.69) is 25.9 Å². The second-order valence-corrected chi connectivity index (χ2v) is 6.86. The molecule has 2 N–H and O–H groups in total. The van der Waals surface area contributed by atoms with E-state index < -0.39 is 0 Å². The molecule has 5 rings (SSSR count). The van der Waals surface area contributed by atoms with Crippen molar-refractivity contribution in [1.82, 2.24) is 19.9 Å². The Morgan fingerprint density at radius 1 is 1.15 bits per heavy atom. The van der Waals surface area contributed by atoms with E-state index in [1.54, 1.807) is 0 Å². The van der Waals surface area contributed by atoms with E-state index in [-0.39, 0.29) is 6.79 Å². The molecule has 132 valence electrons. The first kappa shape index (κ1) is 15.6. The first-order valence-electron chi connectivity index (χ1n) is 8.37. The number of halogens is 1. The van der Waals surface area contributed by atoms with Crippen molar-refractivity contribution >= 4 is 28.5 Å². The molecule has 2 aliphatic rings. The lowest BCUT2D eigenvalue weighted by Crippen LogP contribution is -2.31. The van der Waals surface area contributed by atoms with Crippen molar-refractivity contribution in [1.29, 1.82) is 0 Å². The average Bonchev–Trinajstić information content (AvgIpc) is 3.08. The number of aromatic nitrogens is 3. The third-order valence-electron chi connectivity index (χ3n) is 4.76. The first-order chi connectivity index (χ1) is 12.7. The van der Waals surface area contributed by atoms with Crippen LogP contribution in [0.4, 0.5) is 5.95 Å². The molecular weight excluding hydrogens is 354 g/mol. The largest absolute Gasteiger partial charge is 0.454 e. The van der Waals surface area contributed by atoms with Gasteiger partial charge in [-0.3, -0.25) is 4.90 Å². The number of anilines is 1. The maximum Gasteiger partial charge on any atom is 0.231 e. The summed E-state index contributed by atoms with van der Waals surface area (Å²) in [6.07, 6.45) is 2.66. The summed E-state index contributed by atoms with van der Waals surface area (Å²) in [5, 5.41) is 1.50. The fraction of sp³-hybridized carbons (Fsp3) is 0.278. The third-order valence-corrected chi connectivity index (χ3v) is 5.09. The van der Waals surface area contributed by atoms with E-state index in [1.807, 2.05) is 18.3 Å². The average molecular weight is 370 g/mol. The molecule has 0 spiro atoms. The van der Waals surface area contributed by atoms with Crippen LogP contribution in [-0.2, 0) is 19.5 Å².